The summed E-state index contributed by atoms with van der Waals surface area (Å²) in [6.07, 6.45) is 1.03. The van der Waals surface area contributed by atoms with Crippen molar-refractivity contribution in [3.8, 4) is 5.75 Å². The van der Waals surface area contributed by atoms with Crippen LogP contribution in [0.15, 0.2) is 54.6 Å². The second-order valence-electron chi connectivity index (χ2n) is 6.37. The first-order valence-corrected chi connectivity index (χ1v) is 8.51. The smallest absolute Gasteiger partial charge is 0.119 e. The highest BCUT2D eigenvalue weighted by atomic mass is 35.5. The average molecular weight is 347 g/mol. The summed E-state index contributed by atoms with van der Waals surface area (Å²) in [6.45, 7) is 5.79. The van der Waals surface area contributed by atoms with Crippen molar-refractivity contribution >= 4 is 12.4 Å². The minimum atomic E-state index is 0. The number of hydrogen-bond acceptors (Lipinski definition) is 3. The largest absolute Gasteiger partial charge is 0.494 e. The molecule has 1 aliphatic rings. The third-order valence-electron chi connectivity index (χ3n) is 4.45. The van der Waals surface area contributed by atoms with Crippen LogP contribution in [0, 0.1) is 0 Å². The van der Waals surface area contributed by atoms with Gasteiger partial charge in [-0.3, -0.25) is 4.90 Å². The van der Waals surface area contributed by atoms with Crippen molar-refractivity contribution in [2.24, 2.45) is 5.73 Å². The Morgan fingerprint density at radius 1 is 1.08 bits per heavy atom. The number of likely N-dealkylation sites (tertiary alicyclic amines) is 1. The molecular weight excluding hydrogens is 320 g/mol. The van der Waals surface area contributed by atoms with Gasteiger partial charge in [0, 0.05) is 31.6 Å². The van der Waals surface area contributed by atoms with E-state index in [1.807, 2.05) is 6.07 Å². The molecule has 3 rings (SSSR count). The molecule has 24 heavy (non-hydrogen) atoms. The second-order valence-corrected chi connectivity index (χ2v) is 6.37. The van der Waals surface area contributed by atoms with Crippen molar-refractivity contribution in [3.63, 3.8) is 0 Å². The van der Waals surface area contributed by atoms with E-state index in [2.05, 4.69) is 60.4 Å². The Morgan fingerprint density at radius 3 is 2.62 bits per heavy atom. The van der Waals surface area contributed by atoms with Gasteiger partial charge in [-0.1, -0.05) is 49.4 Å². The van der Waals surface area contributed by atoms with Crippen molar-refractivity contribution in [2.45, 2.75) is 31.8 Å². The van der Waals surface area contributed by atoms with E-state index in [-0.39, 0.29) is 18.4 Å². The maximum absolute atomic E-state index is 6.38. The molecule has 130 valence electrons. The van der Waals surface area contributed by atoms with Gasteiger partial charge in [0.2, 0.25) is 0 Å². The number of rotatable bonds is 6. The standard InChI is InChI=1S/C20H26N2O.ClH/c1-2-11-23-18-10-6-7-16(12-18)13-22-14-19(20(21)15-22)17-8-4-3-5-9-17;/h3-10,12,19-20H,2,11,13-15,21H2,1H3;1H/t19-,20+;/m0./s1. The van der Waals surface area contributed by atoms with Crippen molar-refractivity contribution in [1.82, 2.24) is 4.90 Å². The number of halogens is 1. The van der Waals surface area contributed by atoms with Gasteiger partial charge in [0.05, 0.1) is 6.61 Å². The minimum Gasteiger partial charge on any atom is -0.494 e. The van der Waals surface area contributed by atoms with E-state index < -0.39 is 0 Å². The van der Waals surface area contributed by atoms with Crippen molar-refractivity contribution in [1.29, 1.82) is 0 Å². The van der Waals surface area contributed by atoms with Gasteiger partial charge in [-0.05, 0) is 29.7 Å². The van der Waals surface area contributed by atoms with Crippen molar-refractivity contribution in [2.75, 3.05) is 19.7 Å². The van der Waals surface area contributed by atoms with Crippen LogP contribution in [0.4, 0.5) is 0 Å². The Morgan fingerprint density at radius 2 is 1.88 bits per heavy atom. The van der Waals surface area contributed by atoms with Crippen LogP contribution in [0.25, 0.3) is 0 Å². The maximum Gasteiger partial charge on any atom is 0.119 e. The molecule has 0 unspecified atom stereocenters. The zero-order valence-corrected chi connectivity index (χ0v) is 15.0. The Hall–Kier alpha value is -1.55. The van der Waals surface area contributed by atoms with Crippen LogP contribution in [0.5, 0.6) is 5.75 Å². The Kier molecular flexibility index (Phi) is 7.10. The molecule has 0 spiro atoms. The van der Waals surface area contributed by atoms with E-state index in [0.29, 0.717) is 5.92 Å². The highest BCUT2D eigenvalue weighted by molar-refractivity contribution is 5.85. The third-order valence-corrected chi connectivity index (χ3v) is 4.45. The highest BCUT2D eigenvalue weighted by Gasteiger charge is 2.30. The number of nitrogens with two attached hydrogens (primary N) is 1. The van der Waals surface area contributed by atoms with E-state index in [1.54, 1.807) is 0 Å². The lowest BCUT2D eigenvalue weighted by Gasteiger charge is -2.16. The van der Waals surface area contributed by atoms with E-state index in [0.717, 1.165) is 38.4 Å². The summed E-state index contributed by atoms with van der Waals surface area (Å²) in [7, 11) is 0. The fraction of sp³-hybridized carbons (Fsp3) is 0.400. The fourth-order valence-electron chi connectivity index (χ4n) is 3.31. The Balaban J connectivity index is 0.00000208. The fourth-order valence-corrected chi connectivity index (χ4v) is 3.31. The SMILES string of the molecule is CCCOc1cccc(CN2C[C@@H](N)[C@H](c3ccccc3)C2)c1.Cl. The molecule has 2 aromatic carbocycles. The average Bonchev–Trinajstić information content (AvgIpc) is 2.94. The normalized spacial score (nSPS) is 20.6. The van der Waals surface area contributed by atoms with Crippen LogP contribution < -0.4 is 10.5 Å². The lowest BCUT2D eigenvalue weighted by atomic mass is 9.95. The van der Waals surface area contributed by atoms with Gasteiger partial charge >= 0.3 is 0 Å². The topological polar surface area (TPSA) is 38.5 Å². The van der Waals surface area contributed by atoms with E-state index in [4.69, 9.17) is 10.5 Å². The highest BCUT2D eigenvalue weighted by Crippen LogP contribution is 2.27. The Bertz CT molecular complexity index is 620. The molecule has 3 nitrogen and oxygen atoms in total. The number of ether oxygens (including phenoxy) is 1. The summed E-state index contributed by atoms with van der Waals surface area (Å²) in [6, 6.07) is 19.3. The summed E-state index contributed by atoms with van der Waals surface area (Å²) in [4.78, 5) is 2.45. The van der Waals surface area contributed by atoms with Gasteiger partial charge in [0.1, 0.15) is 5.75 Å². The summed E-state index contributed by atoms with van der Waals surface area (Å²) < 4.78 is 5.73. The van der Waals surface area contributed by atoms with Crippen molar-refractivity contribution < 1.29 is 4.74 Å². The van der Waals surface area contributed by atoms with E-state index in [9.17, 15) is 0 Å². The molecule has 2 atom stereocenters. The zero-order chi connectivity index (χ0) is 16.1. The van der Waals surface area contributed by atoms with Gasteiger partial charge in [0.25, 0.3) is 0 Å². The summed E-state index contributed by atoms with van der Waals surface area (Å²) in [5, 5.41) is 0. The number of benzene rings is 2. The van der Waals surface area contributed by atoms with Crippen LogP contribution in [0.1, 0.15) is 30.4 Å². The third kappa shape index (κ3) is 4.73. The molecule has 1 fully saturated rings. The van der Waals surface area contributed by atoms with Crippen LogP contribution in [0.2, 0.25) is 0 Å². The molecule has 0 amide bonds. The molecule has 0 radical (unpaired) electrons. The number of hydrogen-bond donors (Lipinski definition) is 1. The molecule has 0 aromatic heterocycles. The molecular formula is C20H27ClN2O. The molecule has 1 aliphatic heterocycles. The van der Waals surface area contributed by atoms with E-state index in [1.165, 1.54) is 11.1 Å². The first kappa shape index (κ1) is 18.8. The first-order valence-electron chi connectivity index (χ1n) is 8.51. The summed E-state index contributed by atoms with van der Waals surface area (Å²) in [5.41, 5.74) is 9.03. The zero-order valence-electron chi connectivity index (χ0n) is 14.2. The number of nitrogens with zero attached hydrogens (tertiary/aromatic N) is 1. The molecule has 4 heteroatoms. The van der Waals surface area contributed by atoms with Crippen molar-refractivity contribution in [3.05, 3.63) is 65.7 Å². The van der Waals surface area contributed by atoms with Gasteiger partial charge in [-0.25, -0.2) is 0 Å². The predicted molar refractivity (Wildman–Crippen MR) is 102 cm³/mol. The van der Waals surface area contributed by atoms with Gasteiger partial charge in [-0.2, -0.15) is 0 Å². The molecule has 1 saturated heterocycles. The van der Waals surface area contributed by atoms with Gasteiger partial charge < -0.3 is 10.5 Å². The summed E-state index contributed by atoms with van der Waals surface area (Å²) >= 11 is 0. The minimum absolute atomic E-state index is 0. The van der Waals surface area contributed by atoms with Gasteiger partial charge in [0.15, 0.2) is 0 Å². The molecule has 1 heterocycles. The quantitative estimate of drug-likeness (QED) is 0.864. The lowest BCUT2D eigenvalue weighted by Crippen LogP contribution is -2.28. The van der Waals surface area contributed by atoms with Gasteiger partial charge in [-0.15, -0.1) is 12.4 Å². The molecule has 0 saturated carbocycles. The Labute approximate surface area is 151 Å². The van der Waals surface area contributed by atoms with Crippen LogP contribution in [0.3, 0.4) is 0 Å². The molecule has 0 bridgehead atoms. The van der Waals surface area contributed by atoms with Crippen LogP contribution in [-0.2, 0) is 6.54 Å². The molecule has 2 N–H and O–H groups in total. The van der Waals surface area contributed by atoms with E-state index >= 15 is 0 Å². The lowest BCUT2D eigenvalue weighted by molar-refractivity contribution is 0.311. The molecule has 2 aromatic rings. The predicted octanol–water partition coefficient (Wildman–Crippen LogP) is 3.82. The second kappa shape index (κ2) is 9.07. The molecule has 0 aliphatic carbocycles. The summed E-state index contributed by atoms with van der Waals surface area (Å²) in [5.74, 6) is 1.39. The van der Waals surface area contributed by atoms with Crippen LogP contribution in [-0.4, -0.2) is 30.6 Å². The monoisotopic (exact) mass is 346 g/mol. The first-order chi connectivity index (χ1) is 11.3. The van der Waals surface area contributed by atoms with Crippen LogP contribution >= 0.6 is 12.4 Å². The maximum atomic E-state index is 6.38.